The van der Waals surface area contributed by atoms with Gasteiger partial charge >= 0.3 is 0 Å². The highest BCUT2D eigenvalue weighted by molar-refractivity contribution is 6.01. The normalized spacial score (nSPS) is 10.8. The minimum absolute atomic E-state index is 0.232. The monoisotopic (exact) mass is 355 g/mol. The number of rotatable bonds is 8. The highest BCUT2D eigenvalue weighted by atomic mass is 16.5. The first-order chi connectivity index (χ1) is 12.5. The van der Waals surface area contributed by atoms with Crippen LogP contribution in [-0.2, 0) is 4.79 Å². The highest BCUT2D eigenvalue weighted by Gasteiger charge is 2.05. The Morgan fingerprint density at radius 2 is 2.04 bits per heavy atom. The molecule has 0 unspecified atom stereocenters. The van der Waals surface area contributed by atoms with Crippen molar-refractivity contribution in [1.29, 1.82) is 0 Å². The van der Waals surface area contributed by atoms with Crippen LogP contribution < -0.4 is 20.1 Å². The molecule has 0 saturated heterocycles. The first-order valence-corrected chi connectivity index (χ1v) is 8.54. The van der Waals surface area contributed by atoms with E-state index in [1.165, 1.54) is 6.08 Å². The lowest BCUT2D eigenvalue weighted by Crippen LogP contribution is -2.12. The van der Waals surface area contributed by atoms with Crippen molar-refractivity contribution in [2.45, 2.75) is 26.8 Å². The van der Waals surface area contributed by atoms with Crippen molar-refractivity contribution in [2.24, 2.45) is 0 Å². The fourth-order valence-electron chi connectivity index (χ4n) is 2.27. The fraction of sp³-hybridized carbons (Fsp3) is 0.300. The van der Waals surface area contributed by atoms with Crippen LogP contribution in [0.25, 0.3) is 6.08 Å². The molecule has 0 aliphatic heterocycles. The van der Waals surface area contributed by atoms with Gasteiger partial charge in [0.25, 0.3) is 0 Å². The van der Waals surface area contributed by atoms with E-state index in [2.05, 4.69) is 15.6 Å². The van der Waals surface area contributed by atoms with Gasteiger partial charge in [-0.3, -0.25) is 4.79 Å². The van der Waals surface area contributed by atoms with Crippen LogP contribution in [0.5, 0.6) is 11.5 Å². The van der Waals surface area contributed by atoms with Gasteiger partial charge in [-0.25, -0.2) is 4.98 Å². The predicted octanol–water partition coefficient (Wildman–Crippen LogP) is 3.96. The molecule has 2 rings (SSSR count). The lowest BCUT2D eigenvalue weighted by Gasteiger charge is -2.10. The average Bonchev–Trinajstić information content (AvgIpc) is 2.62. The Labute approximate surface area is 154 Å². The molecule has 0 fully saturated rings. The molecule has 0 aliphatic carbocycles. The first-order valence-electron chi connectivity index (χ1n) is 8.54. The van der Waals surface area contributed by atoms with E-state index in [1.54, 1.807) is 19.4 Å². The Morgan fingerprint density at radius 1 is 1.23 bits per heavy atom. The molecule has 1 aromatic carbocycles. The molecule has 6 nitrogen and oxygen atoms in total. The number of benzene rings is 1. The first kappa shape index (κ1) is 19.3. The zero-order valence-corrected chi connectivity index (χ0v) is 15.6. The number of carbonyl (C=O) groups is 1. The number of methoxy groups -OCH3 is 1. The van der Waals surface area contributed by atoms with E-state index in [9.17, 15) is 4.79 Å². The van der Waals surface area contributed by atoms with Gasteiger partial charge < -0.3 is 20.1 Å². The second-order valence-corrected chi connectivity index (χ2v) is 5.90. The Bertz CT molecular complexity index is 755. The summed E-state index contributed by atoms with van der Waals surface area (Å²) in [6, 6.07) is 9.45. The van der Waals surface area contributed by atoms with Gasteiger partial charge in [0.1, 0.15) is 5.82 Å². The zero-order chi connectivity index (χ0) is 18.9. The minimum atomic E-state index is -0.232. The van der Waals surface area contributed by atoms with E-state index >= 15 is 0 Å². The summed E-state index contributed by atoms with van der Waals surface area (Å²) in [5, 5.41) is 5.98. The number of nitrogens with zero attached hydrogens (tertiary/aromatic N) is 1. The molecule has 0 spiro atoms. The predicted molar refractivity (Wildman–Crippen MR) is 105 cm³/mol. The largest absolute Gasteiger partial charge is 0.493 e. The number of ether oxygens (including phenoxy) is 2. The van der Waals surface area contributed by atoms with Crippen LogP contribution in [0.2, 0.25) is 0 Å². The lowest BCUT2D eigenvalue weighted by atomic mass is 10.2. The fourth-order valence-corrected chi connectivity index (χ4v) is 2.27. The number of carbonyl (C=O) groups excluding carboxylic acids is 1. The molecule has 1 heterocycles. The van der Waals surface area contributed by atoms with Crippen LogP contribution in [0.3, 0.4) is 0 Å². The molecule has 0 radical (unpaired) electrons. The maximum atomic E-state index is 12.1. The van der Waals surface area contributed by atoms with Gasteiger partial charge in [-0.2, -0.15) is 0 Å². The Morgan fingerprint density at radius 3 is 2.65 bits per heavy atom. The summed E-state index contributed by atoms with van der Waals surface area (Å²) in [6.45, 7) is 6.56. The number of nitrogens with one attached hydrogen (secondary N) is 2. The van der Waals surface area contributed by atoms with Gasteiger partial charge in [0.2, 0.25) is 5.91 Å². The number of aromatic nitrogens is 1. The molecular formula is C20H25N3O3. The summed E-state index contributed by atoms with van der Waals surface area (Å²) < 4.78 is 10.8. The van der Waals surface area contributed by atoms with E-state index in [-0.39, 0.29) is 5.91 Å². The third-order valence-electron chi connectivity index (χ3n) is 3.38. The third-order valence-corrected chi connectivity index (χ3v) is 3.38. The smallest absolute Gasteiger partial charge is 0.248 e. The summed E-state index contributed by atoms with van der Waals surface area (Å²) in [7, 11) is 1.59. The van der Waals surface area contributed by atoms with Crippen LogP contribution >= 0.6 is 0 Å². The van der Waals surface area contributed by atoms with Gasteiger partial charge in [-0.1, -0.05) is 6.07 Å². The van der Waals surface area contributed by atoms with E-state index < -0.39 is 0 Å². The third kappa shape index (κ3) is 5.81. The van der Waals surface area contributed by atoms with Gasteiger partial charge in [0.05, 0.1) is 25.6 Å². The van der Waals surface area contributed by atoms with Gasteiger partial charge in [0.15, 0.2) is 11.5 Å². The molecule has 1 amide bonds. The SMILES string of the molecule is CCOc1ccc(/C=C/C(=O)Nc2ccc(NC(C)C)nc2)cc1OC. The second-order valence-electron chi connectivity index (χ2n) is 5.90. The molecule has 2 N–H and O–H groups in total. The zero-order valence-electron chi connectivity index (χ0n) is 15.6. The minimum Gasteiger partial charge on any atom is -0.493 e. The van der Waals surface area contributed by atoms with Crippen molar-refractivity contribution in [2.75, 3.05) is 24.4 Å². The number of hydrogen-bond acceptors (Lipinski definition) is 5. The molecule has 138 valence electrons. The van der Waals surface area contributed by atoms with E-state index in [4.69, 9.17) is 9.47 Å². The Hall–Kier alpha value is -3.02. The van der Waals surface area contributed by atoms with Crippen LogP contribution in [0.4, 0.5) is 11.5 Å². The van der Waals surface area contributed by atoms with Crippen molar-refractivity contribution < 1.29 is 14.3 Å². The second kappa shape index (κ2) is 9.46. The van der Waals surface area contributed by atoms with Crippen molar-refractivity contribution in [1.82, 2.24) is 4.98 Å². The van der Waals surface area contributed by atoms with Gasteiger partial charge in [-0.05, 0) is 56.7 Å². The van der Waals surface area contributed by atoms with Crippen molar-refractivity contribution in [3.05, 3.63) is 48.2 Å². The summed E-state index contributed by atoms with van der Waals surface area (Å²) in [5.74, 6) is 1.85. The molecule has 0 aliphatic rings. The summed E-state index contributed by atoms with van der Waals surface area (Å²) in [6.07, 6.45) is 4.81. The quantitative estimate of drug-likeness (QED) is 0.701. The van der Waals surface area contributed by atoms with Crippen molar-refractivity contribution in [3.63, 3.8) is 0 Å². The van der Waals surface area contributed by atoms with Crippen molar-refractivity contribution >= 4 is 23.5 Å². The molecule has 0 saturated carbocycles. The van der Waals surface area contributed by atoms with Crippen LogP contribution in [0.1, 0.15) is 26.3 Å². The molecule has 2 aromatic rings. The van der Waals surface area contributed by atoms with E-state index in [0.29, 0.717) is 29.8 Å². The molecule has 1 aromatic heterocycles. The number of amides is 1. The number of anilines is 2. The maximum Gasteiger partial charge on any atom is 0.248 e. The Kier molecular flexibility index (Phi) is 7.02. The molecule has 6 heteroatoms. The molecule has 26 heavy (non-hydrogen) atoms. The van der Waals surface area contributed by atoms with E-state index in [1.807, 2.05) is 51.1 Å². The number of pyridine rings is 1. The van der Waals surface area contributed by atoms with Gasteiger partial charge in [-0.15, -0.1) is 0 Å². The summed E-state index contributed by atoms with van der Waals surface area (Å²) >= 11 is 0. The standard InChI is InChI=1S/C20H25N3O3/c1-5-26-17-9-6-15(12-18(17)25-4)7-11-20(24)23-16-8-10-19(21-13-16)22-14(2)3/h6-14H,5H2,1-4H3,(H,21,22)(H,23,24)/b11-7+. The van der Waals surface area contributed by atoms with Crippen LogP contribution in [0, 0.1) is 0 Å². The average molecular weight is 355 g/mol. The molecule has 0 bridgehead atoms. The van der Waals surface area contributed by atoms with Gasteiger partial charge in [0, 0.05) is 12.1 Å². The molecular weight excluding hydrogens is 330 g/mol. The van der Waals surface area contributed by atoms with Crippen LogP contribution in [-0.4, -0.2) is 30.6 Å². The van der Waals surface area contributed by atoms with Crippen molar-refractivity contribution in [3.8, 4) is 11.5 Å². The topological polar surface area (TPSA) is 72.5 Å². The van der Waals surface area contributed by atoms with E-state index in [0.717, 1.165) is 11.4 Å². The molecule has 0 atom stereocenters. The van der Waals surface area contributed by atoms with Crippen LogP contribution in [0.15, 0.2) is 42.6 Å². The summed E-state index contributed by atoms with van der Waals surface area (Å²) in [5.41, 5.74) is 1.48. The Balaban J connectivity index is 1.98. The highest BCUT2D eigenvalue weighted by Crippen LogP contribution is 2.28. The number of hydrogen-bond donors (Lipinski definition) is 2. The summed E-state index contributed by atoms with van der Waals surface area (Å²) in [4.78, 5) is 16.3. The lowest BCUT2D eigenvalue weighted by molar-refractivity contribution is -0.111. The maximum absolute atomic E-state index is 12.1.